The monoisotopic (exact) mass is 666 g/mol. The smallest absolute Gasteiger partial charge is 0.00326 e. The molecule has 3 heteroatoms. The maximum absolute atomic E-state index is 2.66. The van der Waals surface area contributed by atoms with E-state index in [1.807, 2.05) is 0 Å². The van der Waals surface area contributed by atoms with Gasteiger partial charge in [0.25, 0.3) is 0 Å². The molecule has 0 amide bonds. The van der Waals surface area contributed by atoms with E-state index in [1.165, 1.54) is 51.1 Å². The van der Waals surface area contributed by atoms with Gasteiger partial charge in [0.2, 0.25) is 0 Å². The molecule has 0 radical (unpaired) electrons. The van der Waals surface area contributed by atoms with Crippen LogP contribution in [0.2, 0.25) is 0 Å². The van der Waals surface area contributed by atoms with Crippen molar-refractivity contribution in [1.29, 1.82) is 0 Å². The Morgan fingerprint density at radius 2 is 0.532 bits per heavy atom. The van der Waals surface area contributed by atoms with Crippen molar-refractivity contribution in [3.8, 4) is 0 Å². The number of rotatable bonds is 15. The molecule has 47 heavy (non-hydrogen) atoms. The first-order valence-corrected chi connectivity index (χ1v) is 21.8. The van der Waals surface area contributed by atoms with Crippen molar-refractivity contribution in [1.82, 2.24) is 0 Å². The van der Waals surface area contributed by atoms with Crippen LogP contribution in [-0.2, 0) is 18.5 Å². The Balaban J connectivity index is 1.41. The molecular weight excluding hydrogens is 621 g/mol. The summed E-state index contributed by atoms with van der Waals surface area (Å²) in [6.07, 6.45) is 7.05. The first-order valence-electron chi connectivity index (χ1n) is 16.7. The van der Waals surface area contributed by atoms with Crippen molar-refractivity contribution in [2.45, 2.75) is 25.4 Å². The highest BCUT2D eigenvalue weighted by Crippen LogP contribution is 2.55. The van der Waals surface area contributed by atoms with Gasteiger partial charge in [0.05, 0.1) is 0 Å². The molecule has 0 spiro atoms. The van der Waals surface area contributed by atoms with Crippen LogP contribution in [0.1, 0.15) is 23.6 Å². The zero-order valence-corrected chi connectivity index (χ0v) is 30.1. The molecule has 0 heterocycles. The Morgan fingerprint density at radius 3 is 0.766 bits per heavy atom. The standard InChI is InChI=1S/C44H45P3/c1-44(35-45(41-26-14-5-15-27-41)32-38-20-8-2-9-21-38,36-46(42-28-16-6-17-29-42)33-39-22-10-3-11-23-39)37-47(43-30-18-7-19-31-43)34-40-24-12-4-13-25-40/h2-31H,32-37H2,1H3. The van der Waals surface area contributed by atoms with Crippen LogP contribution in [0, 0.1) is 5.41 Å². The van der Waals surface area contributed by atoms with Crippen LogP contribution >= 0.6 is 23.8 Å². The molecule has 6 aromatic carbocycles. The Labute approximate surface area is 286 Å². The highest BCUT2D eigenvalue weighted by atomic mass is 31.1. The van der Waals surface area contributed by atoms with Crippen LogP contribution in [-0.4, -0.2) is 18.5 Å². The molecule has 0 fully saturated rings. The molecule has 0 saturated heterocycles. The van der Waals surface area contributed by atoms with Crippen LogP contribution in [0.4, 0.5) is 0 Å². The lowest BCUT2D eigenvalue weighted by atomic mass is 9.99. The summed E-state index contributed by atoms with van der Waals surface area (Å²) in [6, 6.07) is 67.9. The average molecular weight is 667 g/mol. The highest BCUT2D eigenvalue weighted by Gasteiger charge is 2.35. The van der Waals surface area contributed by atoms with Crippen molar-refractivity contribution >= 4 is 39.7 Å². The van der Waals surface area contributed by atoms with Crippen LogP contribution in [0.3, 0.4) is 0 Å². The second-order valence-electron chi connectivity index (χ2n) is 12.8. The van der Waals surface area contributed by atoms with E-state index in [9.17, 15) is 0 Å². The van der Waals surface area contributed by atoms with Crippen molar-refractivity contribution < 1.29 is 0 Å². The first kappa shape index (κ1) is 33.5. The molecule has 6 aromatic rings. The molecule has 236 valence electrons. The van der Waals surface area contributed by atoms with Crippen molar-refractivity contribution in [2.24, 2.45) is 5.41 Å². The van der Waals surface area contributed by atoms with Crippen LogP contribution in [0.5, 0.6) is 0 Å². The van der Waals surface area contributed by atoms with E-state index in [0.29, 0.717) is 0 Å². The summed E-state index contributed by atoms with van der Waals surface area (Å²) in [5.74, 6) is 0. The van der Waals surface area contributed by atoms with Crippen molar-refractivity contribution in [3.63, 3.8) is 0 Å². The second-order valence-corrected chi connectivity index (χ2v) is 19.5. The fourth-order valence-electron chi connectivity index (χ4n) is 6.58. The van der Waals surface area contributed by atoms with Crippen molar-refractivity contribution in [2.75, 3.05) is 18.5 Å². The number of hydrogen-bond donors (Lipinski definition) is 0. The van der Waals surface area contributed by atoms with Gasteiger partial charge in [0.15, 0.2) is 0 Å². The summed E-state index contributed by atoms with van der Waals surface area (Å²) >= 11 is 0. The molecule has 0 bridgehead atoms. The minimum absolute atomic E-state index is 0.156. The first-order chi connectivity index (χ1) is 23.1. The Hall–Kier alpha value is -3.39. The normalized spacial score (nSPS) is 14.5. The quantitative estimate of drug-likeness (QED) is 0.0957. The van der Waals surface area contributed by atoms with E-state index in [-0.39, 0.29) is 5.41 Å². The second kappa shape index (κ2) is 17.1. The zero-order chi connectivity index (χ0) is 32.2. The molecule has 3 unspecified atom stereocenters. The minimum atomic E-state index is -0.417. The lowest BCUT2D eigenvalue weighted by molar-refractivity contribution is 0.494. The zero-order valence-electron chi connectivity index (χ0n) is 27.4. The summed E-state index contributed by atoms with van der Waals surface area (Å²) in [4.78, 5) is 0. The molecule has 0 aliphatic carbocycles. The fourth-order valence-corrected chi connectivity index (χ4v) is 15.7. The van der Waals surface area contributed by atoms with Gasteiger partial charge in [-0.15, -0.1) is 0 Å². The van der Waals surface area contributed by atoms with E-state index in [0.717, 1.165) is 18.5 Å². The summed E-state index contributed by atoms with van der Waals surface area (Å²) in [7, 11) is -1.25. The number of hydrogen-bond acceptors (Lipinski definition) is 0. The van der Waals surface area contributed by atoms with Gasteiger partial charge in [-0.3, -0.25) is 0 Å². The van der Waals surface area contributed by atoms with Crippen LogP contribution in [0.25, 0.3) is 0 Å². The molecular formula is C44H45P3. The average Bonchev–Trinajstić information content (AvgIpc) is 3.13. The summed E-state index contributed by atoms with van der Waals surface area (Å²) in [5.41, 5.74) is 4.51. The van der Waals surface area contributed by atoms with E-state index >= 15 is 0 Å². The minimum Gasteiger partial charge on any atom is -0.0703 e. The molecule has 0 N–H and O–H groups in total. The predicted octanol–water partition coefficient (Wildman–Crippen LogP) is 11.0. The Bertz CT molecular complexity index is 1520. The van der Waals surface area contributed by atoms with E-state index in [4.69, 9.17) is 0 Å². The number of benzene rings is 6. The Kier molecular flexibility index (Phi) is 12.2. The molecule has 0 saturated carbocycles. The van der Waals surface area contributed by atoms with Gasteiger partial charge >= 0.3 is 0 Å². The summed E-state index contributed by atoms with van der Waals surface area (Å²) < 4.78 is 0. The maximum atomic E-state index is 2.66. The van der Waals surface area contributed by atoms with Gasteiger partial charge in [-0.2, -0.15) is 0 Å². The SMILES string of the molecule is CC(CP(Cc1ccccc1)c1ccccc1)(CP(Cc1ccccc1)c1ccccc1)CP(Cc1ccccc1)c1ccccc1. The molecule has 0 aromatic heterocycles. The third-order valence-electron chi connectivity index (χ3n) is 8.73. The topological polar surface area (TPSA) is 0 Å². The molecule has 0 aliphatic heterocycles. The van der Waals surface area contributed by atoms with Gasteiger partial charge in [-0.25, -0.2) is 0 Å². The van der Waals surface area contributed by atoms with Gasteiger partial charge in [0.1, 0.15) is 0 Å². The maximum Gasteiger partial charge on any atom is -0.00326 e. The molecule has 3 atom stereocenters. The third-order valence-corrected chi connectivity index (χ3v) is 17.5. The fraction of sp³-hybridized carbons (Fsp3) is 0.182. The lowest BCUT2D eigenvalue weighted by Crippen LogP contribution is -2.33. The summed E-state index contributed by atoms with van der Waals surface area (Å²) in [6.45, 7) is 2.66. The Morgan fingerprint density at radius 1 is 0.319 bits per heavy atom. The van der Waals surface area contributed by atoms with Gasteiger partial charge in [-0.05, 0) is 75.0 Å². The highest BCUT2D eigenvalue weighted by molar-refractivity contribution is 7.67. The molecule has 6 rings (SSSR count). The molecule has 0 aliphatic rings. The lowest BCUT2D eigenvalue weighted by Gasteiger charge is -2.40. The van der Waals surface area contributed by atoms with Crippen LogP contribution in [0.15, 0.2) is 182 Å². The van der Waals surface area contributed by atoms with Gasteiger partial charge in [0, 0.05) is 0 Å². The van der Waals surface area contributed by atoms with E-state index in [1.54, 1.807) is 0 Å². The predicted molar refractivity (Wildman–Crippen MR) is 212 cm³/mol. The largest absolute Gasteiger partial charge is 0.0703 e. The van der Waals surface area contributed by atoms with Gasteiger partial charge < -0.3 is 0 Å². The van der Waals surface area contributed by atoms with E-state index < -0.39 is 23.8 Å². The van der Waals surface area contributed by atoms with E-state index in [2.05, 4.69) is 189 Å². The van der Waals surface area contributed by atoms with Gasteiger partial charge in [-0.1, -0.05) is 213 Å². The molecule has 0 nitrogen and oxygen atoms in total. The summed E-state index contributed by atoms with van der Waals surface area (Å²) in [5, 5.41) is 4.57. The third kappa shape index (κ3) is 10.1. The van der Waals surface area contributed by atoms with Crippen molar-refractivity contribution in [3.05, 3.63) is 199 Å². The van der Waals surface area contributed by atoms with Crippen LogP contribution < -0.4 is 15.9 Å².